The van der Waals surface area contributed by atoms with Gasteiger partial charge in [-0.15, -0.1) is 0 Å². The normalized spacial score (nSPS) is 10.7. The predicted molar refractivity (Wildman–Crippen MR) is 74.9 cm³/mol. The number of carbonyl (C=O) groups is 1. The maximum absolute atomic E-state index is 13.6. The molecule has 0 saturated carbocycles. The van der Waals surface area contributed by atoms with Gasteiger partial charge in [0.1, 0.15) is 0 Å². The predicted octanol–water partition coefficient (Wildman–Crippen LogP) is 3.15. The fourth-order valence-electron chi connectivity index (χ4n) is 2.28. The molecule has 3 rings (SSSR count). The van der Waals surface area contributed by atoms with Crippen LogP contribution in [0.5, 0.6) is 0 Å². The number of benzene rings is 2. The number of pyridine rings is 1. The number of halogens is 1. The number of hydrogen-bond donors (Lipinski definition) is 0. The number of Topliss-reactive ketones (excluding diaryl/α,β-unsaturated/α-hetero) is 1. The zero-order valence-corrected chi connectivity index (χ0v) is 10.8. The Labute approximate surface area is 116 Å². The van der Waals surface area contributed by atoms with E-state index >= 15 is 0 Å². The Morgan fingerprint density at radius 3 is 2.50 bits per heavy atom. The molecule has 0 aliphatic carbocycles. The fraction of sp³-hybridized carbons (Fsp3) is 0.0588. The van der Waals surface area contributed by atoms with E-state index in [-0.39, 0.29) is 18.1 Å². The van der Waals surface area contributed by atoms with E-state index < -0.39 is 0 Å². The van der Waals surface area contributed by atoms with Crippen LogP contribution >= 0.6 is 0 Å². The monoisotopic (exact) mass is 266 g/mol. The second-order valence-corrected chi connectivity index (χ2v) is 4.63. The molecular weight excluding hydrogens is 253 g/mol. The average molecular weight is 266 g/mol. The van der Waals surface area contributed by atoms with Crippen molar-refractivity contribution in [3.63, 3.8) is 0 Å². The van der Waals surface area contributed by atoms with Crippen molar-refractivity contribution in [1.82, 2.24) is 0 Å². The Balaban J connectivity index is 2.01. The van der Waals surface area contributed by atoms with Gasteiger partial charge < -0.3 is 0 Å². The highest BCUT2D eigenvalue weighted by Gasteiger charge is 2.16. The smallest absolute Gasteiger partial charge is 0.227 e. The Bertz CT molecular complexity index is 768. The van der Waals surface area contributed by atoms with Crippen molar-refractivity contribution in [3.05, 3.63) is 78.2 Å². The molecule has 1 aromatic heterocycles. The lowest BCUT2D eigenvalue weighted by Gasteiger charge is -2.02. The number of para-hydroxylation sites is 1. The van der Waals surface area contributed by atoms with Gasteiger partial charge in [0.25, 0.3) is 0 Å². The summed E-state index contributed by atoms with van der Waals surface area (Å²) in [6.45, 7) is 0.127. The van der Waals surface area contributed by atoms with Crippen LogP contribution in [0.4, 0.5) is 4.39 Å². The Morgan fingerprint density at radius 1 is 1.00 bits per heavy atom. The SMILES string of the molecule is O=C(C[n+]1cc(F)cc2ccccc21)c1ccccc1. The summed E-state index contributed by atoms with van der Waals surface area (Å²) in [5.74, 6) is -0.379. The van der Waals surface area contributed by atoms with Crippen LogP contribution < -0.4 is 4.57 Å². The summed E-state index contributed by atoms with van der Waals surface area (Å²) in [5.41, 5.74) is 1.48. The van der Waals surface area contributed by atoms with Gasteiger partial charge in [-0.05, 0) is 12.1 Å². The van der Waals surface area contributed by atoms with Crippen molar-refractivity contribution in [3.8, 4) is 0 Å². The van der Waals surface area contributed by atoms with Gasteiger partial charge in [0.15, 0.2) is 5.82 Å². The standard InChI is InChI=1S/C17H13FNO/c18-15-10-14-8-4-5-9-16(14)19(11-15)12-17(20)13-6-2-1-3-7-13/h1-11H,12H2/q+1. The minimum atomic E-state index is -0.343. The Kier molecular flexibility index (Phi) is 3.25. The molecule has 0 aliphatic rings. The van der Waals surface area contributed by atoms with E-state index in [4.69, 9.17) is 0 Å². The second-order valence-electron chi connectivity index (χ2n) is 4.63. The van der Waals surface area contributed by atoms with Gasteiger partial charge in [0, 0.05) is 17.0 Å². The molecule has 2 nitrogen and oxygen atoms in total. The molecule has 0 unspecified atom stereocenters. The molecule has 0 radical (unpaired) electrons. The highest BCUT2D eigenvalue weighted by Crippen LogP contribution is 2.11. The molecule has 3 heteroatoms. The average Bonchev–Trinajstić information content (AvgIpc) is 2.48. The van der Waals surface area contributed by atoms with Gasteiger partial charge >= 0.3 is 0 Å². The van der Waals surface area contributed by atoms with Gasteiger partial charge in [0.2, 0.25) is 24.0 Å². The molecule has 3 aromatic rings. The first-order valence-electron chi connectivity index (χ1n) is 6.40. The van der Waals surface area contributed by atoms with E-state index in [9.17, 15) is 9.18 Å². The lowest BCUT2D eigenvalue weighted by Crippen LogP contribution is -2.39. The van der Waals surface area contributed by atoms with Gasteiger partial charge in [-0.2, -0.15) is 4.57 Å². The first-order valence-corrected chi connectivity index (χ1v) is 6.40. The molecule has 0 aliphatic heterocycles. The van der Waals surface area contributed by atoms with Crippen LogP contribution in [0, 0.1) is 5.82 Å². The molecule has 0 N–H and O–H groups in total. The topological polar surface area (TPSA) is 20.9 Å². The summed E-state index contributed by atoms with van der Waals surface area (Å²) in [6.07, 6.45) is 1.36. The third-order valence-corrected chi connectivity index (χ3v) is 3.23. The maximum atomic E-state index is 13.6. The number of hydrogen-bond acceptors (Lipinski definition) is 1. The van der Waals surface area contributed by atoms with Crippen LogP contribution in [0.25, 0.3) is 10.9 Å². The lowest BCUT2D eigenvalue weighted by atomic mass is 10.1. The summed E-state index contributed by atoms with van der Waals surface area (Å²) < 4.78 is 15.3. The summed E-state index contributed by atoms with van der Waals surface area (Å²) >= 11 is 0. The van der Waals surface area contributed by atoms with E-state index in [0.717, 1.165) is 10.9 Å². The molecular formula is C17H13FNO+. The summed E-state index contributed by atoms with van der Waals surface area (Å²) in [5, 5.41) is 0.786. The van der Waals surface area contributed by atoms with Crippen molar-refractivity contribution in [2.45, 2.75) is 6.54 Å². The number of rotatable bonds is 3. The van der Waals surface area contributed by atoms with Crippen LogP contribution in [0.3, 0.4) is 0 Å². The Morgan fingerprint density at radius 2 is 1.70 bits per heavy atom. The van der Waals surface area contributed by atoms with E-state index in [1.807, 2.05) is 42.5 Å². The minimum Gasteiger partial charge on any atom is -0.287 e. The summed E-state index contributed by atoms with van der Waals surface area (Å²) in [7, 11) is 0. The fourth-order valence-corrected chi connectivity index (χ4v) is 2.28. The zero-order valence-electron chi connectivity index (χ0n) is 10.8. The molecule has 0 amide bonds. The summed E-state index contributed by atoms with van der Waals surface area (Å²) in [6, 6.07) is 18.0. The number of nitrogens with zero attached hydrogens (tertiary/aromatic N) is 1. The maximum Gasteiger partial charge on any atom is 0.227 e. The van der Waals surface area contributed by atoms with Crippen molar-refractivity contribution in [1.29, 1.82) is 0 Å². The van der Waals surface area contributed by atoms with Crippen LogP contribution in [-0.2, 0) is 6.54 Å². The van der Waals surface area contributed by atoms with Gasteiger partial charge in [-0.25, -0.2) is 4.39 Å². The zero-order chi connectivity index (χ0) is 13.9. The van der Waals surface area contributed by atoms with Crippen LogP contribution in [0.15, 0.2) is 66.9 Å². The molecule has 0 bridgehead atoms. The van der Waals surface area contributed by atoms with E-state index in [1.54, 1.807) is 16.7 Å². The van der Waals surface area contributed by atoms with Crippen molar-refractivity contribution < 1.29 is 13.8 Å². The number of aromatic nitrogens is 1. The lowest BCUT2D eigenvalue weighted by molar-refractivity contribution is -0.658. The highest BCUT2D eigenvalue weighted by molar-refractivity contribution is 5.95. The largest absolute Gasteiger partial charge is 0.287 e. The van der Waals surface area contributed by atoms with Gasteiger partial charge in [-0.3, -0.25) is 4.79 Å². The molecule has 0 saturated heterocycles. The van der Waals surface area contributed by atoms with Crippen molar-refractivity contribution in [2.75, 3.05) is 0 Å². The van der Waals surface area contributed by atoms with Crippen molar-refractivity contribution in [2.24, 2.45) is 0 Å². The van der Waals surface area contributed by atoms with Gasteiger partial charge in [-0.1, -0.05) is 42.5 Å². The number of carbonyl (C=O) groups excluding carboxylic acids is 1. The minimum absolute atomic E-state index is 0.0358. The van der Waals surface area contributed by atoms with E-state index in [2.05, 4.69) is 0 Å². The first-order chi connectivity index (χ1) is 9.74. The highest BCUT2D eigenvalue weighted by atomic mass is 19.1. The third-order valence-electron chi connectivity index (χ3n) is 3.23. The third kappa shape index (κ3) is 2.43. The Hall–Kier alpha value is -2.55. The number of fused-ring (bicyclic) bond motifs is 1. The molecule has 20 heavy (non-hydrogen) atoms. The molecule has 0 atom stereocenters. The molecule has 2 aromatic carbocycles. The van der Waals surface area contributed by atoms with Crippen molar-refractivity contribution >= 4 is 16.7 Å². The number of ketones is 1. The van der Waals surface area contributed by atoms with Gasteiger partial charge in [0.05, 0.1) is 0 Å². The van der Waals surface area contributed by atoms with Crippen LogP contribution in [0.2, 0.25) is 0 Å². The summed E-state index contributed by atoms with van der Waals surface area (Å²) in [4.78, 5) is 12.2. The molecule has 98 valence electrons. The van der Waals surface area contributed by atoms with E-state index in [1.165, 1.54) is 12.3 Å². The first kappa shape index (κ1) is 12.5. The second kappa shape index (κ2) is 5.21. The molecule has 0 fully saturated rings. The quantitative estimate of drug-likeness (QED) is 0.527. The van der Waals surface area contributed by atoms with Crippen LogP contribution in [0.1, 0.15) is 10.4 Å². The molecule has 0 spiro atoms. The van der Waals surface area contributed by atoms with E-state index in [0.29, 0.717) is 5.56 Å². The van der Waals surface area contributed by atoms with Crippen LogP contribution in [-0.4, -0.2) is 5.78 Å². The molecule has 1 heterocycles.